The lowest BCUT2D eigenvalue weighted by atomic mass is 9.96. The SMILES string of the molecule is CCOC(=O)C1=C(C)N=c2s/c(=C\c3ccc(C(=O)O)cc3)c(=O)n2C1c1ccc(Cl)cc1. The maximum Gasteiger partial charge on any atom is 0.338 e. The number of benzene rings is 2. The van der Waals surface area contributed by atoms with Crippen molar-refractivity contribution in [2.24, 2.45) is 4.99 Å². The van der Waals surface area contributed by atoms with Crippen LogP contribution in [0.25, 0.3) is 6.08 Å². The topological polar surface area (TPSA) is 98.0 Å². The number of carbonyl (C=O) groups excluding carboxylic acids is 1. The van der Waals surface area contributed by atoms with Gasteiger partial charge in [-0.3, -0.25) is 9.36 Å². The van der Waals surface area contributed by atoms with Crippen LogP contribution in [-0.2, 0) is 9.53 Å². The van der Waals surface area contributed by atoms with E-state index in [9.17, 15) is 14.4 Å². The van der Waals surface area contributed by atoms with Crippen molar-refractivity contribution in [2.75, 3.05) is 6.61 Å². The third-order valence-electron chi connectivity index (χ3n) is 5.16. The Morgan fingerprint density at radius 1 is 1.18 bits per heavy atom. The zero-order valence-electron chi connectivity index (χ0n) is 17.7. The van der Waals surface area contributed by atoms with E-state index in [0.29, 0.717) is 36.8 Å². The highest BCUT2D eigenvalue weighted by molar-refractivity contribution is 7.07. The molecule has 33 heavy (non-hydrogen) atoms. The van der Waals surface area contributed by atoms with Gasteiger partial charge in [-0.15, -0.1) is 0 Å². The van der Waals surface area contributed by atoms with Gasteiger partial charge in [0, 0.05) is 5.02 Å². The van der Waals surface area contributed by atoms with Gasteiger partial charge in [0.15, 0.2) is 4.80 Å². The number of carbonyl (C=O) groups is 2. The summed E-state index contributed by atoms with van der Waals surface area (Å²) in [6, 6.07) is 12.5. The van der Waals surface area contributed by atoms with Crippen LogP contribution in [0.15, 0.2) is 69.6 Å². The van der Waals surface area contributed by atoms with Gasteiger partial charge in [-0.25, -0.2) is 14.6 Å². The van der Waals surface area contributed by atoms with Crippen molar-refractivity contribution >= 4 is 41.0 Å². The number of hydrogen-bond donors (Lipinski definition) is 1. The molecule has 2 aromatic carbocycles. The summed E-state index contributed by atoms with van der Waals surface area (Å²) >= 11 is 7.25. The van der Waals surface area contributed by atoms with Crippen molar-refractivity contribution < 1.29 is 19.4 Å². The fourth-order valence-corrected chi connectivity index (χ4v) is 4.80. The maximum atomic E-state index is 13.5. The van der Waals surface area contributed by atoms with E-state index in [1.165, 1.54) is 28.0 Å². The first-order valence-corrected chi connectivity index (χ1v) is 11.3. The molecule has 1 aromatic heterocycles. The average Bonchev–Trinajstić information content (AvgIpc) is 3.08. The minimum absolute atomic E-state index is 0.158. The van der Waals surface area contributed by atoms with Crippen molar-refractivity contribution in [3.05, 3.63) is 101 Å². The number of carboxylic acid groups (broad SMARTS) is 1. The molecule has 0 radical (unpaired) electrons. The number of thiazole rings is 1. The molecule has 0 amide bonds. The number of hydrogen-bond acceptors (Lipinski definition) is 6. The molecule has 1 aliphatic heterocycles. The molecule has 0 fully saturated rings. The summed E-state index contributed by atoms with van der Waals surface area (Å²) in [6.07, 6.45) is 1.68. The number of aromatic carboxylic acids is 1. The first-order valence-electron chi connectivity index (χ1n) is 10.1. The molecular weight excluding hydrogens is 464 g/mol. The van der Waals surface area contributed by atoms with E-state index in [4.69, 9.17) is 21.4 Å². The lowest BCUT2D eigenvalue weighted by Crippen LogP contribution is -2.39. The fraction of sp³-hybridized carbons (Fsp3) is 0.167. The van der Waals surface area contributed by atoms with Gasteiger partial charge >= 0.3 is 11.9 Å². The third kappa shape index (κ3) is 4.40. The highest BCUT2D eigenvalue weighted by Gasteiger charge is 2.33. The van der Waals surface area contributed by atoms with E-state index in [0.717, 1.165) is 0 Å². The predicted molar refractivity (Wildman–Crippen MR) is 125 cm³/mol. The van der Waals surface area contributed by atoms with Crippen LogP contribution in [0.3, 0.4) is 0 Å². The van der Waals surface area contributed by atoms with Gasteiger partial charge in [-0.1, -0.05) is 47.2 Å². The molecule has 0 saturated heterocycles. The molecule has 0 aliphatic carbocycles. The largest absolute Gasteiger partial charge is 0.478 e. The Balaban J connectivity index is 1.90. The summed E-state index contributed by atoms with van der Waals surface area (Å²) in [4.78, 5) is 42.4. The first-order chi connectivity index (χ1) is 15.8. The minimum atomic E-state index is -1.02. The number of nitrogens with zero attached hydrogens (tertiary/aromatic N) is 2. The summed E-state index contributed by atoms with van der Waals surface area (Å²) in [7, 11) is 0. The molecule has 4 rings (SSSR count). The molecule has 168 valence electrons. The Bertz CT molecular complexity index is 1450. The second kappa shape index (κ2) is 9.17. The average molecular weight is 483 g/mol. The summed E-state index contributed by atoms with van der Waals surface area (Å²) < 4.78 is 7.17. The summed E-state index contributed by atoms with van der Waals surface area (Å²) in [5.74, 6) is -1.55. The van der Waals surface area contributed by atoms with Crippen molar-refractivity contribution in [1.82, 2.24) is 4.57 Å². The van der Waals surface area contributed by atoms with E-state index in [1.54, 1.807) is 56.3 Å². The zero-order chi connectivity index (χ0) is 23.7. The van der Waals surface area contributed by atoms with E-state index in [-0.39, 0.29) is 17.7 Å². The summed E-state index contributed by atoms with van der Waals surface area (Å²) in [6.45, 7) is 3.63. The van der Waals surface area contributed by atoms with Gasteiger partial charge in [0.1, 0.15) is 0 Å². The molecule has 0 spiro atoms. The Kier molecular flexibility index (Phi) is 6.31. The standard InChI is InChI=1S/C24H19ClN2O5S/c1-3-32-23(31)19-13(2)26-24-27(20(19)15-8-10-17(25)11-9-15)21(28)18(33-24)12-14-4-6-16(7-5-14)22(29)30/h4-12,20H,3H2,1-2H3,(H,29,30)/b18-12-. The van der Waals surface area contributed by atoms with Gasteiger partial charge in [-0.05, 0) is 55.3 Å². The molecule has 7 nitrogen and oxygen atoms in total. The minimum Gasteiger partial charge on any atom is -0.478 e. The predicted octanol–water partition coefficient (Wildman–Crippen LogP) is 3.15. The molecule has 1 atom stereocenters. The molecule has 3 aromatic rings. The fourth-order valence-electron chi connectivity index (χ4n) is 3.63. The molecule has 0 bridgehead atoms. The number of esters is 1. The van der Waals surface area contributed by atoms with Gasteiger partial charge in [0.25, 0.3) is 5.56 Å². The number of aromatic nitrogens is 1. The van der Waals surface area contributed by atoms with Gasteiger partial charge in [0.05, 0.1) is 34.0 Å². The van der Waals surface area contributed by atoms with Crippen LogP contribution in [0.4, 0.5) is 0 Å². The van der Waals surface area contributed by atoms with Crippen LogP contribution >= 0.6 is 22.9 Å². The van der Waals surface area contributed by atoms with E-state index < -0.39 is 18.0 Å². The normalized spacial score (nSPS) is 15.7. The van der Waals surface area contributed by atoms with Crippen LogP contribution in [-0.4, -0.2) is 28.2 Å². The number of fused-ring (bicyclic) bond motifs is 1. The Hall–Kier alpha value is -3.49. The molecule has 1 N–H and O–H groups in total. The van der Waals surface area contributed by atoms with Crippen molar-refractivity contribution in [3.8, 4) is 0 Å². The lowest BCUT2D eigenvalue weighted by molar-refractivity contribution is -0.139. The van der Waals surface area contributed by atoms with Gasteiger partial charge in [0.2, 0.25) is 0 Å². The molecular formula is C24H19ClN2O5S. The summed E-state index contributed by atoms with van der Waals surface area (Å²) in [5, 5.41) is 9.62. The van der Waals surface area contributed by atoms with Crippen LogP contribution in [0.5, 0.6) is 0 Å². The van der Waals surface area contributed by atoms with Gasteiger partial charge in [-0.2, -0.15) is 0 Å². The van der Waals surface area contributed by atoms with E-state index in [2.05, 4.69) is 4.99 Å². The second-order valence-corrected chi connectivity index (χ2v) is 8.73. The highest BCUT2D eigenvalue weighted by Crippen LogP contribution is 2.31. The number of ether oxygens (including phenoxy) is 1. The Labute approximate surface area is 197 Å². The number of halogens is 1. The smallest absolute Gasteiger partial charge is 0.338 e. The van der Waals surface area contributed by atoms with Crippen LogP contribution in [0, 0.1) is 0 Å². The van der Waals surface area contributed by atoms with E-state index >= 15 is 0 Å². The second-order valence-electron chi connectivity index (χ2n) is 7.28. The highest BCUT2D eigenvalue weighted by atomic mass is 35.5. The molecule has 1 unspecified atom stereocenters. The maximum absolute atomic E-state index is 13.5. The Morgan fingerprint density at radius 3 is 2.45 bits per heavy atom. The number of rotatable bonds is 5. The Morgan fingerprint density at radius 2 is 1.85 bits per heavy atom. The number of carboxylic acids is 1. The molecule has 9 heteroatoms. The van der Waals surface area contributed by atoms with Gasteiger partial charge < -0.3 is 9.84 Å². The molecule has 1 aliphatic rings. The lowest BCUT2D eigenvalue weighted by Gasteiger charge is -2.24. The van der Waals surface area contributed by atoms with E-state index in [1.807, 2.05) is 0 Å². The van der Waals surface area contributed by atoms with Crippen molar-refractivity contribution in [3.63, 3.8) is 0 Å². The first kappa shape index (κ1) is 22.7. The van der Waals surface area contributed by atoms with Crippen molar-refractivity contribution in [2.45, 2.75) is 19.9 Å². The third-order valence-corrected chi connectivity index (χ3v) is 6.39. The van der Waals surface area contributed by atoms with Crippen LogP contribution < -0.4 is 14.9 Å². The monoisotopic (exact) mass is 482 g/mol. The number of allylic oxidation sites excluding steroid dienone is 1. The van der Waals surface area contributed by atoms with Crippen molar-refractivity contribution in [1.29, 1.82) is 0 Å². The zero-order valence-corrected chi connectivity index (χ0v) is 19.3. The molecule has 0 saturated carbocycles. The van der Waals surface area contributed by atoms with Crippen LogP contribution in [0.1, 0.15) is 41.4 Å². The van der Waals surface area contributed by atoms with Crippen LogP contribution in [0.2, 0.25) is 5.02 Å². The quantitative estimate of drug-likeness (QED) is 0.563. The summed E-state index contributed by atoms with van der Waals surface area (Å²) in [5.41, 5.74) is 2.00. The molecule has 2 heterocycles.